The van der Waals surface area contributed by atoms with E-state index in [2.05, 4.69) is 5.32 Å². The molecule has 1 amide bonds. The zero-order valence-electron chi connectivity index (χ0n) is 11.6. The molecule has 1 aliphatic heterocycles. The van der Waals surface area contributed by atoms with E-state index in [1.54, 1.807) is 0 Å². The van der Waals surface area contributed by atoms with Gasteiger partial charge >= 0.3 is 6.09 Å². The Morgan fingerprint density at radius 2 is 2.23 bits per heavy atom. The molecule has 7 nitrogen and oxygen atoms in total. The second-order valence-electron chi connectivity index (χ2n) is 5.08. The van der Waals surface area contributed by atoms with Crippen molar-refractivity contribution >= 4 is 29.1 Å². The van der Waals surface area contributed by atoms with Crippen LogP contribution in [0, 0.1) is 15.9 Å². The van der Waals surface area contributed by atoms with Crippen molar-refractivity contribution in [3.05, 3.63) is 33.1 Å². The molecule has 0 spiro atoms. The molecule has 0 bridgehead atoms. The third kappa shape index (κ3) is 3.56. The second kappa shape index (κ2) is 6.78. The molecule has 1 heterocycles. The minimum Gasteiger partial charge on any atom is -0.465 e. The monoisotopic (exact) mass is 331 g/mol. The highest BCUT2D eigenvalue weighted by atomic mass is 35.5. The zero-order chi connectivity index (χ0) is 16.3. The Kier molecular flexibility index (Phi) is 5.02. The predicted octanol–water partition coefficient (Wildman–Crippen LogP) is 3.33. The van der Waals surface area contributed by atoms with Crippen LogP contribution in [-0.2, 0) is 0 Å². The van der Waals surface area contributed by atoms with Crippen molar-refractivity contribution in [3.8, 4) is 0 Å². The maximum Gasteiger partial charge on any atom is 0.407 e. The molecule has 1 saturated heterocycles. The number of likely N-dealkylation sites (tertiary alicyclic amines) is 1. The van der Waals surface area contributed by atoms with E-state index in [4.69, 9.17) is 16.7 Å². The number of hydrogen-bond donors (Lipinski definition) is 2. The third-order valence-electron chi connectivity index (χ3n) is 3.56. The molecule has 0 radical (unpaired) electrons. The van der Waals surface area contributed by atoms with E-state index in [9.17, 15) is 19.3 Å². The number of carboxylic acid groups (broad SMARTS) is 1. The van der Waals surface area contributed by atoms with Crippen LogP contribution in [0.2, 0.25) is 5.02 Å². The number of amides is 1. The van der Waals surface area contributed by atoms with Crippen LogP contribution in [0.3, 0.4) is 0 Å². The molecule has 2 N–H and O–H groups in total. The summed E-state index contributed by atoms with van der Waals surface area (Å²) >= 11 is 5.83. The maximum atomic E-state index is 13.6. The molecule has 1 unspecified atom stereocenters. The molecule has 1 atom stereocenters. The lowest BCUT2D eigenvalue weighted by molar-refractivity contribution is -0.384. The van der Waals surface area contributed by atoms with Crippen molar-refractivity contribution in [1.82, 2.24) is 4.90 Å². The van der Waals surface area contributed by atoms with E-state index >= 15 is 0 Å². The van der Waals surface area contributed by atoms with Crippen molar-refractivity contribution in [1.29, 1.82) is 0 Å². The fourth-order valence-electron chi connectivity index (χ4n) is 2.47. The lowest BCUT2D eigenvalue weighted by atomic mass is 10.1. The first-order valence-corrected chi connectivity index (χ1v) is 7.14. The van der Waals surface area contributed by atoms with Crippen molar-refractivity contribution in [2.45, 2.75) is 25.3 Å². The molecule has 0 saturated carbocycles. The van der Waals surface area contributed by atoms with Gasteiger partial charge in [0.1, 0.15) is 16.5 Å². The molecule has 1 fully saturated rings. The van der Waals surface area contributed by atoms with Gasteiger partial charge in [-0.2, -0.15) is 0 Å². The first-order chi connectivity index (χ1) is 10.4. The highest BCUT2D eigenvalue weighted by molar-refractivity contribution is 6.33. The summed E-state index contributed by atoms with van der Waals surface area (Å²) in [6.07, 6.45) is 1.05. The first-order valence-electron chi connectivity index (χ1n) is 6.77. The molecule has 2 rings (SSSR count). The molecular formula is C13H15ClFN3O4. The minimum absolute atomic E-state index is 0.107. The van der Waals surface area contributed by atoms with Crippen LogP contribution in [0.25, 0.3) is 0 Å². The fraction of sp³-hybridized carbons (Fsp3) is 0.462. The molecule has 0 aromatic heterocycles. The van der Waals surface area contributed by atoms with E-state index in [1.807, 2.05) is 0 Å². The van der Waals surface area contributed by atoms with Gasteiger partial charge in [0.25, 0.3) is 5.69 Å². The number of nitrogens with one attached hydrogen (secondary N) is 1. The average Bonchev–Trinajstić information content (AvgIpc) is 2.69. The molecular weight excluding hydrogens is 317 g/mol. The second-order valence-corrected chi connectivity index (χ2v) is 5.46. The smallest absolute Gasteiger partial charge is 0.407 e. The van der Waals surface area contributed by atoms with Crippen molar-refractivity contribution < 1.29 is 19.2 Å². The Balaban J connectivity index is 2.27. The number of anilines is 1. The van der Waals surface area contributed by atoms with Gasteiger partial charge in [0.05, 0.1) is 4.92 Å². The number of nitrogens with zero attached hydrogens (tertiary/aromatic N) is 2. The summed E-state index contributed by atoms with van der Waals surface area (Å²) in [7, 11) is 0. The van der Waals surface area contributed by atoms with Gasteiger partial charge in [-0.05, 0) is 25.3 Å². The van der Waals surface area contributed by atoms with Gasteiger partial charge in [0.2, 0.25) is 0 Å². The number of rotatable bonds is 3. The Bertz CT molecular complexity index is 599. The van der Waals surface area contributed by atoms with Gasteiger partial charge in [-0.3, -0.25) is 10.1 Å². The van der Waals surface area contributed by atoms with Crippen LogP contribution in [0.4, 0.5) is 20.6 Å². The van der Waals surface area contributed by atoms with Gasteiger partial charge in [0, 0.05) is 25.2 Å². The number of benzene rings is 1. The van der Waals surface area contributed by atoms with Crippen LogP contribution in [0.15, 0.2) is 12.1 Å². The predicted molar refractivity (Wildman–Crippen MR) is 78.9 cm³/mol. The summed E-state index contributed by atoms with van der Waals surface area (Å²) < 4.78 is 13.6. The standard InChI is InChI=1S/C13H15ClFN3O4/c14-11-9(15)4-5-10(18(21)22)12(11)16-8-3-1-2-6-17(7-8)13(19)20/h4-5,8,16H,1-3,6-7H2,(H,19,20). The summed E-state index contributed by atoms with van der Waals surface area (Å²) in [5.41, 5.74) is -0.443. The van der Waals surface area contributed by atoms with Gasteiger partial charge in [-0.15, -0.1) is 0 Å². The summed E-state index contributed by atoms with van der Waals surface area (Å²) in [4.78, 5) is 22.7. The molecule has 0 aliphatic carbocycles. The minimum atomic E-state index is -1.05. The largest absolute Gasteiger partial charge is 0.465 e. The van der Waals surface area contributed by atoms with Crippen LogP contribution < -0.4 is 5.32 Å². The van der Waals surface area contributed by atoms with E-state index < -0.39 is 16.8 Å². The van der Waals surface area contributed by atoms with Crippen molar-refractivity contribution in [2.24, 2.45) is 0 Å². The fourth-order valence-corrected chi connectivity index (χ4v) is 2.68. The Morgan fingerprint density at radius 3 is 2.86 bits per heavy atom. The summed E-state index contributed by atoms with van der Waals surface area (Å²) in [6, 6.07) is 1.61. The quantitative estimate of drug-likeness (QED) is 0.654. The normalized spacial score (nSPS) is 18.6. The number of carbonyl (C=O) groups is 1. The lowest BCUT2D eigenvalue weighted by Gasteiger charge is -2.23. The van der Waals surface area contributed by atoms with Gasteiger partial charge in [-0.25, -0.2) is 9.18 Å². The van der Waals surface area contributed by atoms with E-state index in [0.717, 1.165) is 18.6 Å². The maximum absolute atomic E-state index is 13.6. The van der Waals surface area contributed by atoms with Crippen LogP contribution >= 0.6 is 11.6 Å². The number of hydrogen-bond acceptors (Lipinski definition) is 4. The third-order valence-corrected chi connectivity index (χ3v) is 3.93. The molecule has 120 valence electrons. The topological polar surface area (TPSA) is 95.7 Å². The molecule has 1 aromatic carbocycles. The van der Waals surface area contributed by atoms with Crippen molar-refractivity contribution in [2.75, 3.05) is 18.4 Å². The van der Waals surface area contributed by atoms with Gasteiger partial charge < -0.3 is 15.3 Å². The summed E-state index contributed by atoms with van der Waals surface area (Å²) in [5, 5.41) is 22.6. The van der Waals surface area contributed by atoms with Crippen LogP contribution in [-0.4, -0.2) is 40.2 Å². The number of nitro groups is 1. The first kappa shape index (κ1) is 16.3. The molecule has 1 aromatic rings. The summed E-state index contributed by atoms with van der Waals surface area (Å²) in [5.74, 6) is -0.765. The SMILES string of the molecule is O=C(O)N1CCCCC(Nc2c([N+](=O)[O-])ccc(F)c2Cl)C1. The highest BCUT2D eigenvalue weighted by Crippen LogP contribution is 2.35. The summed E-state index contributed by atoms with van der Waals surface area (Å²) in [6.45, 7) is 0.575. The highest BCUT2D eigenvalue weighted by Gasteiger charge is 2.26. The van der Waals surface area contributed by atoms with Gasteiger partial charge in [0.15, 0.2) is 0 Å². The molecule has 1 aliphatic rings. The Labute approximate surface area is 130 Å². The van der Waals surface area contributed by atoms with Crippen molar-refractivity contribution in [3.63, 3.8) is 0 Å². The van der Waals surface area contributed by atoms with Crippen LogP contribution in [0.5, 0.6) is 0 Å². The van der Waals surface area contributed by atoms with E-state index in [-0.39, 0.29) is 29.0 Å². The zero-order valence-corrected chi connectivity index (χ0v) is 12.3. The van der Waals surface area contributed by atoms with E-state index in [1.165, 1.54) is 4.90 Å². The average molecular weight is 332 g/mol. The lowest BCUT2D eigenvalue weighted by Crippen LogP contribution is -2.38. The van der Waals surface area contributed by atoms with Gasteiger partial charge in [-0.1, -0.05) is 11.6 Å². The van der Waals surface area contributed by atoms with E-state index in [0.29, 0.717) is 19.4 Å². The molecule has 22 heavy (non-hydrogen) atoms. The number of nitro benzene ring substituents is 1. The number of halogens is 2. The van der Waals surface area contributed by atoms with Crippen LogP contribution in [0.1, 0.15) is 19.3 Å². The molecule has 9 heteroatoms. The Morgan fingerprint density at radius 1 is 1.50 bits per heavy atom. The Hall–Kier alpha value is -2.09.